The van der Waals surface area contributed by atoms with Crippen LogP contribution in [0.2, 0.25) is 0 Å². The molecule has 2 heterocycles. The summed E-state index contributed by atoms with van der Waals surface area (Å²) >= 11 is 0. The molecule has 0 spiro atoms. The molecule has 3 aromatic carbocycles. The van der Waals surface area contributed by atoms with Gasteiger partial charge in [-0.1, -0.05) is 48.5 Å². The predicted molar refractivity (Wildman–Crippen MR) is 153 cm³/mol. The third kappa shape index (κ3) is 4.74. The van der Waals surface area contributed by atoms with Gasteiger partial charge in [0.25, 0.3) is 0 Å². The summed E-state index contributed by atoms with van der Waals surface area (Å²) in [6.07, 6.45) is 1.25. The third-order valence-corrected chi connectivity index (χ3v) is 7.81. The van der Waals surface area contributed by atoms with Crippen molar-refractivity contribution in [3.8, 4) is 6.07 Å². The van der Waals surface area contributed by atoms with E-state index in [2.05, 4.69) is 16.3 Å². The number of rotatable bonds is 6. The molecule has 0 bridgehead atoms. The SMILES string of the molecule is Cc1cc([C@@H](C)Nc2ccccc2C(=O)O)c2oc(N3CCC(C#N)(c4ccccc4)CC3)c(C)c(=O)c2c1. The number of nitriles is 1. The van der Waals surface area contributed by atoms with Gasteiger partial charge < -0.3 is 19.7 Å². The van der Waals surface area contributed by atoms with E-state index in [1.54, 1.807) is 31.2 Å². The molecule has 2 N–H and O–H groups in total. The molecule has 0 radical (unpaired) electrons. The molecule has 1 saturated heterocycles. The first-order chi connectivity index (χ1) is 18.7. The van der Waals surface area contributed by atoms with Crippen LogP contribution in [-0.4, -0.2) is 24.2 Å². The van der Waals surface area contributed by atoms with Gasteiger partial charge >= 0.3 is 5.97 Å². The number of piperidine rings is 1. The molecule has 5 rings (SSSR count). The largest absolute Gasteiger partial charge is 0.478 e. The van der Waals surface area contributed by atoms with Gasteiger partial charge in [0, 0.05) is 24.3 Å². The van der Waals surface area contributed by atoms with E-state index in [4.69, 9.17) is 4.42 Å². The van der Waals surface area contributed by atoms with Gasteiger partial charge in [0.1, 0.15) is 5.58 Å². The Morgan fingerprint density at radius 1 is 1.08 bits per heavy atom. The Labute approximate surface area is 227 Å². The van der Waals surface area contributed by atoms with Gasteiger partial charge in [-0.2, -0.15) is 5.26 Å². The van der Waals surface area contributed by atoms with Crippen LogP contribution >= 0.6 is 0 Å². The van der Waals surface area contributed by atoms with E-state index >= 15 is 0 Å². The van der Waals surface area contributed by atoms with Crippen molar-refractivity contribution < 1.29 is 14.3 Å². The van der Waals surface area contributed by atoms with Gasteiger partial charge in [0.2, 0.25) is 5.88 Å². The first kappa shape index (κ1) is 26.1. The summed E-state index contributed by atoms with van der Waals surface area (Å²) < 4.78 is 6.53. The smallest absolute Gasteiger partial charge is 0.337 e. The van der Waals surface area contributed by atoms with Crippen molar-refractivity contribution in [3.63, 3.8) is 0 Å². The summed E-state index contributed by atoms with van der Waals surface area (Å²) in [5.41, 5.74) is 3.74. The number of fused-ring (bicyclic) bond motifs is 1. The number of para-hydroxylation sites is 1. The van der Waals surface area contributed by atoms with Crippen LogP contribution in [0.5, 0.6) is 0 Å². The van der Waals surface area contributed by atoms with Gasteiger partial charge in [-0.25, -0.2) is 4.79 Å². The van der Waals surface area contributed by atoms with Crippen LogP contribution < -0.4 is 15.6 Å². The van der Waals surface area contributed by atoms with Crippen LogP contribution in [0, 0.1) is 25.2 Å². The molecule has 1 aliphatic heterocycles. The number of aromatic carboxylic acids is 1. The molecule has 198 valence electrons. The van der Waals surface area contributed by atoms with Gasteiger partial charge in [-0.15, -0.1) is 0 Å². The molecule has 0 unspecified atom stereocenters. The number of carboxylic acid groups (broad SMARTS) is 1. The topological polar surface area (TPSA) is 107 Å². The second-order valence-electron chi connectivity index (χ2n) is 10.4. The predicted octanol–water partition coefficient (Wildman–Crippen LogP) is 6.34. The molecule has 0 amide bonds. The fourth-order valence-corrected chi connectivity index (χ4v) is 5.60. The summed E-state index contributed by atoms with van der Waals surface area (Å²) in [4.78, 5) is 27.4. The van der Waals surface area contributed by atoms with Crippen LogP contribution in [-0.2, 0) is 5.41 Å². The Morgan fingerprint density at radius 2 is 1.74 bits per heavy atom. The van der Waals surface area contributed by atoms with Crippen LogP contribution in [0.3, 0.4) is 0 Å². The molecule has 7 heteroatoms. The summed E-state index contributed by atoms with van der Waals surface area (Å²) in [7, 11) is 0. The quantitative estimate of drug-likeness (QED) is 0.305. The Kier molecular flexibility index (Phi) is 6.88. The molecule has 7 nitrogen and oxygen atoms in total. The molecular weight excluding hydrogens is 490 g/mol. The second kappa shape index (κ2) is 10.3. The van der Waals surface area contributed by atoms with E-state index in [-0.39, 0.29) is 17.0 Å². The highest BCUT2D eigenvalue weighted by molar-refractivity contribution is 5.94. The molecule has 1 atom stereocenters. The molecule has 1 aromatic heterocycles. The number of anilines is 2. The summed E-state index contributed by atoms with van der Waals surface area (Å²) in [6.45, 7) is 6.81. The van der Waals surface area contributed by atoms with E-state index in [0.29, 0.717) is 54.0 Å². The lowest BCUT2D eigenvalue weighted by Gasteiger charge is -2.38. The van der Waals surface area contributed by atoms with E-state index in [1.165, 1.54) is 0 Å². The van der Waals surface area contributed by atoms with E-state index in [1.807, 2.05) is 56.3 Å². The molecule has 1 aliphatic rings. The highest BCUT2D eigenvalue weighted by atomic mass is 16.4. The van der Waals surface area contributed by atoms with Gasteiger partial charge in [-0.05, 0) is 62.9 Å². The van der Waals surface area contributed by atoms with E-state index < -0.39 is 11.4 Å². The van der Waals surface area contributed by atoms with Crippen molar-refractivity contribution in [2.45, 2.75) is 45.1 Å². The lowest BCUT2D eigenvalue weighted by molar-refractivity contribution is 0.0698. The van der Waals surface area contributed by atoms with E-state index in [0.717, 1.165) is 16.7 Å². The summed E-state index contributed by atoms with van der Waals surface area (Å²) in [6, 6.07) is 22.7. The molecule has 0 aliphatic carbocycles. The minimum absolute atomic E-state index is 0.0884. The third-order valence-electron chi connectivity index (χ3n) is 7.81. The fraction of sp³-hybridized carbons (Fsp3) is 0.281. The molecule has 0 saturated carbocycles. The molecule has 1 fully saturated rings. The van der Waals surface area contributed by atoms with Crippen molar-refractivity contribution >= 4 is 28.5 Å². The Hall–Kier alpha value is -4.57. The maximum absolute atomic E-state index is 13.6. The fourth-order valence-electron chi connectivity index (χ4n) is 5.60. The normalized spacial score (nSPS) is 15.5. The monoisotopic (exact) mass is 521 g/mol. The average molecular weight is 522 g/mol. The van der Waals surface area contributed by atoms with Gasteiger partial charge in [-0.3, -0.25) is 4.79 Å². The van der Waals surface area contributed by atoms with Crippen molar-refractivity contribution in [2.75, 3.05) is 23.3 Å². The first-order valence-corrected chi connectivity index (χ1v) is 13.1. The van der Waals surface area contributed by atoms with Crippen LogP contribution in [0.25, 0.3) is 11.0 Å². The maximum Gasteiger partial charge on any atom is 0.337 e. The number of carbonyl (C=O) groups is 1. The Balaban J connectivity index is 1.52. The Bertz CT molecular complexity index is 1640. The van der Waals surface area contributed by atoms with Crippen molar-refractivity contribution in [1.29, 1.82) is 5.26 Å². The average Bonchev–Trinajstić information content (AvgIpc) is 2.95. The molecule has 4 aromatic rings. The zero-order valence-electron chi connectivity index (χ0n) is 22.3. The first-order valence-electron chi connectivity index (χ1n) is 13.1. The Morgan fingerprint density at radius 3 is 2.41 bits per heavy atom. The standard InChI is InChI=1S/C32H31N3O4/c1-20-17-25(22(3)34-27-12-8-7-11-24(27)31(37)38)29-26(18-20)28(36)21(2)30(39-29)35-15-13-32(19-33,14-16-35)23-9-5-4-6-10-23/h4-12,17-18,22,34H,13-16H2,1-3H3,(H,37,38)/t22-/m1/s1. The number of nitrogens with one attached hydrogen (secondary N) is 1. The number of nitrogens with zero attached hydrogens (tertiary/aromatic N) is 2. The highest BCUT2D eigenvalue weighted by Crippen LogP contribution is 2.38. The van der Waals surface area contributed by atoms with Crippen LogP contribution in [0.15, 0.2) is 75.9 Å². The number of hydrogen-bond donors (Lipinski definition) is 2. The number of aryl methyl sites for hydroxylation is 1. The lowest BCUT2D eigenvalue weighted by Crippen LogP contribution is -2.42. The van der Waals surface area contributed by atoms with Crippen molar-refractivity contribution in [1.82, 2.24) is 0 Å². The number of benzene rings is 3. The maximum atomic E-state index is 13.6. The van der Waals surface area contributed by atoms with Crippen LogP contribution in [0.1, 0.15) is 58.4 Å². The van der Waals surface area contributed by atoms with Gasteiger partial charge in [0.05, 0.1) is 34.0 Å². The second-order valence-corrected chi connectivity index (χ2v) is 10.4. The number of carboxylic acids is 1. The van der Waals surface area contributed by atoms with Crippen molar-refractivity contribution in [3.05, 3.63) is 105 Å². The molecule has 39 heavy (non-hydrogen) atoms. The zero-order chi connectivity index (χ0) is 27.7. The van der Waals surface area contributed by atoms with E-state index in [9.17, 15) is 20.0 Å². The minimum Gasteiger partial charge on any atom is -0.478 e. The lowest BCUT2D eigenvalue weighted by atomic mass is 9.74. The summed E-state index contributed by atoms with van der Waals surface area (Å²) in [5.74, 6) is -0.492. The highest BCUT2D eigenvalue weighted by Gasteiger charge is 2.37. The van der Waals surface area contributed by atoms with Crippen molar-refractivity contribution in [2.24, 2.45) is 0 Å². The van der Waals surface area contributed by atoms with Gasteiger partial charge in [0.15, 0.2) is 5.43 Å². The molecular formula is C32H31N3O4. The summed E-state index contributed by atoms with van der Waals surface area (Å²) in [5, 5.41) is 23.5. The zero-order valence-corrected chi connectivity index (χ0v) is 22.3. The minimum atomic E-state index is -1.02. The van der Waals surface area contributed by atoms with Crippen LogP contribution in [0.4, 0.5) is 11.6 Å². The number of hydrogen-bond acceptors (Lipinski definition) is 6.